The number of para-hydroxylation sites is 1. The number of piperazine rings is 1. The number of carbonyl (C=O) groups is 1. The van der Waals surface area contributed by atoms with Crippen LogP contribution >= 0.6 is 0 Å². The molecule has 2 aliphatic rings. The van der Waals surface area contributed by atoms with E-state index >= 15 is 0 Å². The molecule has 0 atom stereocenters. The van der Waals surface area contributed by atoms with Crippen LogP contribution in [0.1, 0.15) is 18.4 Å². The molecular formula is C24H30N6O2. The van der Waals surface area contributed by atoms with Crippen LogP contribution in [0, 0.1) is 0 Å². The maximum absolute atomic E-state index is 12.0. The second kappa shape index (κ2) is 9.08. The van der Waals surface area contributed by atoms with E-state index in [1.54, 1.807) is 9.42 Å². The van der Waals surface area contributed by atoms with E-state index in [-0.39, 0.29) is 0 Å². The first-order valence-electron chi connectivity index (χ1n) is 11.4. The molecule has 5 rings (SSSR count). The van der Waals surface area contributed by atoms with Gasteiger partial charge in [0.05, 0.1) is 17.8 Å². The van der Waals surface area contributed by atoms with E-state index in [0.717, 1.165) is 69.9 Å². The molecule has 168 valence electrons. The van der Waals surface area contributed by atoms with Crippen LogP contribution in [0.2, 0.25) is 0 Å². The second-order valence-electron chi connectivity index (χ2n) is 8.46. The molecule has 2 aromatic heterocycles. The lowest BCUT2D eigenvalue weighted by atomic mass is 10.1. The lowest BCUT2D eigenvalue weighted by Gasteiger charge is -2.36. The van der Waals surface area contributed by atoms with E-state index < -0.39 is 6.03 Å². The monoisotopic (exact) mass is 434 g/mol. The molecule has 0 saturated carbocycles. The number of hydrogen-bond acceptors (Lipinski definition) is 5. The molecule has 2 amide bonds. The summed E-state index contributed by atoms with van der Waals surface area (Å²) in [6.45, 7) is 6.49. The van der Waals surface area contributed by atoms with E-state index in [2.05, 4.69) is 33.1 Å². The molecule has 1 saturated heterocycles. The van der Waals surface area contributed by atoms with Crippen LogP contribution in [0.25, 0.3) is 5.52 Å². The Morgan fingerprint density at radius 1 is 1.09 bits per heavy atom. The maximum atomic E-state index is 12.0. The molecule has 2 aliphatic heterocycles. The molecule has 0 unspecified atom stereocenters. The van der Waals surface area contributed by atoms with Crippen molar-refractivity contribution < 1.29 is 9.53 Å². The van der Waals surface area contributed by atoms with Crippen LogP contribution in [-0.2, 0) is 6.42 Å². The number of urea groups is 1. The van der Waals surface area contributed by atoms with Crippen molar-refractivity contribution in [1.82, 2.24) is 14.5 Å². The summed E-state index contributed by atoms with van der Waals surface area (Å²) >= 11 is 0. The topological polar surface area (TPSA) is 79.3 Å². The van der Waals surface area contributed by atoms with Crippen LogP contribution < -0.4 is 20.3 Å². The third-order valence-electron chi connectivity index (χ3n) is 6.41. The fourth-order valence-corrected chi connectivity index (χ4v) is 4.66. The van der Waals surface area contributed by atoms with Crippen molar-refractivity contribution in [1.29, 1.82) is 0 Å². The minimum atomic E-state index is -0.459. The number of hydrogen-bond donors (Lipinski definition) is 1. The van der Waals surface area contributed by atoms with E-state index in [9.17, 15) is 4.79 Å². The zero-order valence-corrected chi connectivity index (χ0v) is 18.3. The molecule has 3 aromatic rings. The lowest BCUT2D eigenvalue weighted by Crippen LogP contribution is -2.46. The minimum absolute atomic E-state index is 0.459. The summed E-state index contributed by atoms with van der Waals surface area (Å²) in [5, 5.41) is 4.48. The fourth-order valence-electron chi connectivity index (χ4n) is 4.66. The Labute approximate surface area is 188 Å². The molecule has 8 nitrogen and oxygen atoms in total. The average molecular weight is 435 g/mol. The number of anilines is 2. The van der Waals surface area contributed by atoms with Crippen LogP contribution in [0.5, 0.6) is 5.75 Å². The van der Waals surface area contributed by atoms with Crippen molar-refractivity contribution in [3.63, 3.8) is 0 Å². The standard InChI is InChI=1S/C24H30N6O2/c25-24(31)29(22-18-20-7-1-2-12-30(20)26-22)11-4-3-10-27-13-15-28(16-14-27)21-8-5-6-19-9-17-32-23(19)21/h1-2,5-8,12,18H,3-4,9-11,13-17H2,(H2,25,31). The first-order chi connectivity index (χ1) is 15.7. The predicted molar refractivity (Wildman–Crippen MR) is 126 cm³/mol. The van der Waals surface area contributed by atoms with Gasteiger partial charge in [-0.2, -0.15) is 0 Å². The lowest BCUT2D eigenvalue weighted by molar-refractivity contribution is 0.248. The van der Waals surface area contributed by atoms with Crippen LogP contribution in [0.15, 0.2) is 48.7 Å². The Morgan fingerprint density at radius 2 is 1.97 bits per heavy atom. The second-order valence-corrected chi connectivity index (χ2v) is 8.46. The van der Waals surface area contributed by atoms with Crippen molar-refractivity contribution in [3.8, 4) is 5.75 Å². The van der Waals surface area contributed by atoms with Crippen molar-refractivity contribution in [2.45, 2.75) is 19.3 Å². The van der Waals surface area contributed by atoms with Gasteiger partial charge in [-0.25, -0.2) is 9.31 Å². The molecule has 0 radical (unpaired) electrons. The average Bonchev–Trinajstić information content (AvgIpc) is 3.46. The number of primary amides is 1. The summed E-state index contributed by atoms with van der Waals surface area (Å²) in [6, 6.07) is 13.8. The van der Waals surface area contributed by atoms with Crippen molar-refractivity contribution >= 4 is 23.1 Å². The summed E-state index contributed by atoms with van der Waals surface area (Å²) in [7, 11) is 0. The highest BCUT2D eigenvalue weighted by Crippen LogP contribution is 2.36. The van der Waals surface area contributed by atoms with Crippen molar-refractivity contribution in [2.75, 3.05) is 55.7 Å². The Hall–Kier alpha value is -3.26. The Kier molecular flexibility index (Phi) is 5.85. The third kappa shape index (κ3) is 4.23. The number of rotatable bonds is 7. The molecular weight excluding hydrogens is 404 g/mol. The van der Waals surface area contributed by atoms with E-state index in [0.29, 0.717) is 12.4 Å². The molecule has 0 spiro atoms. The minimum Gasteiger partial charge on any atom is -0.491 e. The van der Waals surface area contributed by atoms with Crippen LogP contribution in [0.4, 0.5) is 16.3 Å². The van der Waals surface area contributed by atoms with Gasteiger partial charge in [-0.15, -0.1) is 5.10 Å². The van der Waals surface area contributed by atoms with Crippen molar-refractivity contribution in [3.05, 3.63) is 54.2 Å². The number of benzene rings is 1. The highest BCUT2D eigenvalue weighted by Gasteiger charge is 2.23. The maximum Gasteiger partial charge on any atom is 0.320 e. The quantitative estimate of drug-likeness (QED) is 0.579. The van der Waals surface area contributed by atoms with Gasteiger partial charge in [0, 0.05) is 51.4 Å². The van der Waals surface area contributed by atoms with Gasteiger partial charge in [-0.1, -0.05) is 18.2 Å². The number of unbranched alkanes of at least 4 members (excludes halogenated alkanes) is 1. The molecule has 8 heteroatoms. The Morgan fingerprint density at radius 3 is 2.78 bits per heavy atom. The van der Waals surface area contributed by atoms with Gasteiger partial charge in [0.1, 0.15) is 5.75 Å². The highest BCUT2D eigenvalue weighted by molar-refractivity contribution is 5.90. The number of carbonyl (C=O) groups excluding carboxylic acids is 1. The van der Waals surface area contributed by atoms with Gasteiger partial charge in [0.15, 0.2) is 5.82 Å². The summed E-state index contributed by atoms with van der Waals surface area (Å²) < 4.78 is 7.64. The van der Waals surface area contributed by atoms with Crippen LogP contribution in [0.3, 0.4) is 0 Å². The van der Waals surface area contributed by atoms with Gasteiger partial charge in [0.25, 0.3) is 0 Å². The third-order valence-corrected chi connectivity index (χ3v) is 6.41. The van der Waals surface area contributed by atoms with Gasteiger partial charge in [-0.05, 0) is 43.1 Å². The molecule has 32 heavy (non-hydrogen) atoms. The van der Waals surface area contributed by atoms with E-state index in [4.69, 9.17) is 10.5 Å². The predicted octanol–water partition coefficient (Wildman–Crippen LogP) is 2.76. The molecule has 0 bridgehead atoms. The highest BCUT2D eigenvalue weighted by atomic mass is 16.5. The number of nitrogens with zero attached hydrogens (tertiary/aromatic N) is 5. The SMILES string of the molecule is NC(=O)N(CCCCN1CCN(c2cccc3c2OCC3)CC1)c1cc2ccccn2n1. The molecule has 4 heterocycles. The first kappa shape index (κ1) is 20.6. The smallest absolute Gasteiger partial charge is 0.320 e. The fraction of sp³-hybridized carbons (Fsp3) is 0.417. The Balaban J connectivity index is 1.10. The molecule has 0 aliphatic carbocycles. The van der Waals surface area contributed by atoms with E-state index in [1.165, 1.54) is 11.3 Å². The van der Waals surface area contributed by atoms with Gasteiger partial charge >= 0.3 is 6.03 Å². The number of pyridine rings is 1. The normalized spacial score (nSPS) is 16.2. The van der Waals surface area contributed by atoms with Gasteiger partial charge in [-0.3, -0.25) is 9.80 Å². The first-order valence-corrected chi connectivity index (χ1v) is 11.4. The Bertz CT molecular complexity index is 1060. The zero-order valence-electron chi connectivity index (χ0n) is 18.3. The van der Waals surface area contributed by atoms with Crippen LogP contribution in [-0.4, -0.2) is 66.4 Å². The summed E-state index contributed by atoms with van der Waals surface area (Å²) in [5.74, 6) is 1.69. The number of fused-ring (bicyclic) bond motifs is 2. The molecule has 1 fully saturated rings. The summed E-state index contributed by atoms with van der Waals surface area (Å²) in [6.07, 6.45) is 4.78. The summed E-state index contributed by atoms with van der Waals surface area (Å²) in [4.78, 5) is 18.5. The van der Waals surface area contributed by atoms with Crippen molar-refractivity contribution in [2.24, 2.45) is 5.73 Å². The number of ether oxygens (including phenoxy) is 1. The zero-order chi connectivity index (χ0) is 21.9. The van der Waals surface area contributed by atoms with E-state index in [1.807, 2.05) is 30.5 Å². The largest absolute Gasteiger partial charge is 0.491 e. The summed E-state index contributed by atoms with van der Waals surface area (Å²) in [5.41, 5.74) is 9.15. The van der Waals surface area contributed by atoms with Gasteiger partial charge < -0.3 is 15.4 Å². The number of aromatic nitrogens is 2. The van der Waals surface area contributed by atoms with Gasteiger partial charge in [0.2, 0.25) is 0 Å². The number of nitrogens with two attached hydrogens (primary N) is 1. The molecule has 1 aromatic carbocycles. The number of amides is 2. The molecule has 2 N–H and O–H groups in total.